The van der Waals surface area contributed by atoms with E-state index in [2.05, 4.69) is 6.92 Å². The third-order valence-corrected chi connectivity index (χ3v) is 4.03. The second-order valence-electron chi connectivity index (χ2n) is 2.47. The third kappa shape index (κ3) is 2.89. The van der Waals surface area contributed by atoms with Crippen LogP contribution in [0, 0.1) is 0 Å². The molecule has 1 atom stereocenters. The van der Waals surface area contributed by atoms with E-state index in [1.54, 1.807) is 0 Å². The monoisotopic (exact) mass is 244 g/mol. The maximum atomic E-state index is 5.65. The first-order valence-electron chi connectivity index (χ1n) is 3.71. The summed E-state index contributed by atoms with van der Waals surface area (Å²) in [7, 11) is 0. The Morgan fingerprint density at radius 1 is 1.67 bits per heavy atom. The molecule has 1 nitrogen and oxygen atoms in total. The van der Waals surface area contributed by atoms with E-state index in [0.717, 1.165) is 0 Å². The van der Waals surface area contributed by atoms with Gasteiger partial charge in [-0.3, -0.25) is 0 Å². The summed E-state index contributed by atoms with van der Waals surface area (Å²) in [5.74, 6) is 0. The average molecular weight is 242 g/mol. The summed E-state index contributed by atoms with van der Waals surface area (Å²) in [5, 5.41) is 0. The Labute approximate surface area is 67.8 Å². The van der Waals surface area contributed by atoms with Gasteiger partial charge in [-0.25, -0.2) is 0 Å². The Balaban J connectivity index is 2.08. The van der Waals surface area contributed by atoms with Crippen molar-refractivity contribution in [3.63, 3.8) is 0 Å². The fraction of sp³-hybridized carbons (Fsp3) is 1.00. The van der Waals surface area contributed by atoms with Crippen LogP contribution in [0.4, 0.5) is 0 Å². The molecule has 0 bridgehead atoms. The van der Waals surface area contributed by atoms with Crippen LogP contribution < -0.4 is 0 Å². The van der Waals surface area contributed by atoms with Gasteiger partial charge in [-0.2, -0.15) is 0 Å². The Hall–Kier alpha value is 0.750. The van der Waals surface area contributed by atoms with Crippen LogP contribution in [0.2, 0.25) is 4.47 Å². The fourth-order valence-electron chi connectivity index (χ4n) is 1.08. The standard InChI is InChI=1S/C7H14OTe/c1-2-4-7-5-3-6-9-8-7/h7H,2-6H2,1H3. The van der Waals surface area contributed by atoms with E-state index >= 15 is 0 Å². The second kappa shape index (κ2) is 4.55. The SMILES string of the molecule is CCCC1CCC[Te]O1. The van der Waals surface area contributed by atoms with Crippen molar-refractivity contribution in [3.05, 3.63) is 0 Å². The molecular formula is C7H14OTe. The van der Waals surface area contributed by atoms with E-state index in [9.17, 15) is 0 Å². The van der Waals surface area contributed by atoms with Crippen molar-refractivity contribution in [2.45, 2.75) is 43.2 Å². The van der Waals surface area contributed by atoms with Gasteiger partial charge in [-0.15, -0.1) is 0 Å². The van der Waals surface area contributed by atoms with Crippen molar-refractivity contribution in [1.29, 1.82) is 0 Å². The fourth-order valence-corrected chi connectivity index (χ4v) is 3.26. The Morgan fingerprint density at radius 2 is 2.56 bits per heavy atom. The van der Waals surface area contributed by atoms with Crippen molar-refractivity contribution in [1.82, 2.24) is 0 Å². The summed E-state index contributed by atoms with van der Waals surface area (Å²) < 4.78 is 7.06. The van der Waals surface area contributed by atoms with Gasteiger partial charge in [-0.1, -0.05) is 0 Å². The molecule has 2 heteroatoms. The molecule has 1 heterocycles. The van der Waals surface area contributed by atoms with Gasteiger partial charge in [0.05, 0.1) is 0 Å². The molecule has 1 rings (SSSR count). The van der Waals surface area contributed by atoms with Gasteiger partial charge in [0.25, 0.3) is 0 Å². The van der Waals surface area contributed by atoms with Gasteiger partial charge >= 0.3 is 67.6 Å². The van der Waals surface area contributed by atoms with Crippen molar-refractivity contribution in [2.24, 2.45) is 0 Å². The van der Waals surface area contributed by atoms with Crippen molar-refractivity contribution in [3.8, 4) is 0 Å². The number of hydrogen-bond donors (Lipinski definition) is 0. The van der Waals surface area contributed by atoms with Crippen LogP contribution in [0.25, 0.3) is 0 Å². The van der Waals surface area contributed by atoms with Crippen LogP contribution in [0.5, 0.6) is 0 Å². The predicted molar refractivity (Wildman–Crippen MR) is 39.6 cm³/mol. The van der Waals surface area contributed by atoms with Crippen LogP contribution >= 0.6 is 0 Å². The summed E-state index contributed by atoms with van der Waals surface area (Å²) in [6, 6.07) is 0. The van der Waals surface area contributed by atoms with E-state index in [1.165, 1.54) is 30.2 Å². The molecule has 0 radical (unpaired) electrons. The van der Waals surface area contributed by atoms with E-state index < -0.39 is 0 Å². The topological polar surface area (TPSA) is 9.23 Å². The van der Waals surface area contributed by atoms with Crippen molar-refractivity contribution < 1.29 is 3.10 Å². The molecule has 0 aliphatic carbocycles. The van der Waals surface area contributed by atoms with Crippen molar-refractivity contribution in [2.75, 3.05) is 0 Å². The minimum absolute atomic E-state index is 0.00883. The zero-order valence-corrected chi connectivity index (χ0v) is 8.26. The van der Waals surface area contributed by atoms with Gasteiger partial charge in [-0.05, 0) is 0 Å². The second-order valence-corrected chi connectivity index (χ2v) is 4.86. The van der Waals surface area contributed by atoms with Gasteiger partial charge in [0.15, 0.2) is 0 Å². The van der Waals surface area contributed by atoms with E-state index in [1.807, 2.05) is 0 Å². The Morgan fingerprint density at radius 3 is 3.11 bits per heavy atom. The quantitative estimate of drug-likeness (QED) is 0.672. The molecule has 54 valence electrons. The molecule has 0 aromatic heterocycles. The molecule has 1 aliphatic heterocycles. The van der Waals surface area contributed by atoms with Gasteiger partial charge in [0.2, 0.25) is 0 Å². The third-order valence-electron chi connectivity index (χ3n) is 1.57. The van der Waals surface area contributed by atoms with Crippen LogP contribution in [0.1, 0.15) is 32.6 Å². The van der Waals surface area contributed by atoms with E-state index in [0.29, 0.717) is 6.10 Å². The molecule has 1 unspecified atom stereocenters. The molecule has 0 N–H and O–H groups in total. The van der Waals surface area contributed by atoms with Crippen LogP contribution in [0.3, 0.4) is 0 Å². The first-order valence-corrected chi connectivity index (χ1v) is 6.31. The normalized spacial score (nSPS) is 28.3. The molecule has 0 aromatic carbocycles. The molecular weight excluding hydrogens is 228 g/mol. The minimum atomic E-state index is 0.00883. The zero-order valence-electron chi connectivity index (χ0n) is 5.93. The van der Waals surface area contributed by atoms with E-state index in [4.69, 9.17) is 3.10 Å². The Kier molecular flexibility index (Phi) is 3.97. The summed E-state index contributed by atoms with van der Waals surface area (Å²) in [6.07, 6.45) is 6.01. The zero-order chi connectivity index (χ0) is 6.53. The number of rotatable bonds is 2. The average Bonchev–Trinajstić information content (AvgIpc) is 1.91. The van der Waals surface area contributed by atoms with Crippen molar-refractivity contribution >= 4 is 21.3 Å². The molecule has 0 amide bonds. The molecule has 1 aliphatic rings. The summed E-state index contributed by atoms with van der Waals surface area (Å²) in [6.45, 7) is 2.23. The molecule has 0 spiro atoms. The predicted octanol–water partition coefficient (Wildman–Crippen LogP) is 2.00. The van der Waals surface area contributed by atoms with Crippen LogP contribution in [-0.4, -0.2) is 27.4 Å². The van der Waals surface area contributed by atoms with Crippen LogP contribution in [-0.2, 0) is 3.10 Å². The molecule has 0 saturated carbocycles. The summed E-state index contributed by atoms with van der Waals surface area (Å²) >= 11 is 0.00883. The first kappa shape index (κ1) is 7.85. The number of hydrogen-bond acceptors (Lipinski definition) is 1. The van der Waals surface area contributed by atoms with E-state index in [-0.39, 0.29) is 21.3 Å². The summed E-state index contributed by atoms with van der Waals surface area (Å²) in [4.78, 5) is 0. The van der Waals surface area contributed by atoms with Gasteiger partial charge in [0, 0.05) is 0 Å². The molecule has 9 heavy (non-hydrogen) atoms. The molecule has 1 fully saturated rings. The Bertz CT molecular complexity index is 66.6. The molecule has 0 aromatic rings. The first-order chi connectivity index (χ1) is 4.43. The summed E-state index contributed by atoms with van der Waals surface area (Å²) in [5.41, 5.74) is 0. The van der Waals surface area contributed by atoms with Gasteiger partial charge in [0.1, 0.15) is 0 Å². The molecule has 1 saturated heterocycles. The maximum absolute atomic E-state index is 5.65. The van der Waals surface area contributed by atoms with Gasteiger partial charge < -0.3 is 0 Å². The van der Waals surface area contributed by atoms with Crippen LogP contribution in [0.15, 0.2) is 0 Å².